The van der Waals surface area contributed by atoms with Crippen LogP contribution in [0.5, 0.6) is 0 Å². The average molecular weight is 672 g/mol. The van der Waals surface area contributed by atoms with Crippen LogP contribution >= 0.6 is 23.2 Å². The number of halogens is 1. The van der Waals surface area contributed by atoms with Crippen LogP contribution in [-0.2, 0) is 0 Å². The molecule has 0 aromatic heterocycles. The Bertz CT molecular complexity index is 1280. The van der Waals surface area contributed by atoms with Crippen LogP contribution < -0.4 is 15.9 Å². The maximum absolute atomic E-state index is 4.27. The van der Waals surface area contributed by atoms with E-state index < -0.39 is 7.26 Å². The van der Waals surface area contributed by atoms with E-state index in [1.807, 2.05) is 0 Å². The van der Waals surface area contributed by atoms with Crippen LogP contribution in [-0.4, -0.2) is 11.0 Å². The Morgan fingerprint density at radius 3 is 1.89 bits per heavy atom. The van der Waals surface area contributed by atoms with Gasteiger partial charge in [-0.15, -0.1) is 0 Å². The van der Waals surface area contributed by atoms with Gasteiger partial charge in [0.2, 0.25) is 0 Å². The van der Waals surface area contributed by atoms with Crippen molar-refractivity contribution in [3.63, 3.8) is 0 Å². The van der Waals surface area contributed by atoms with E-state index in [4.69, 9.17) is 0 Å². The summed E-state index contributed by atoms with van der Waals surface area (Å²) in [5.74, 6) is 5.55. The average Bonchev–Trinajstić information content (AvgIpc) is 3.42. The molecular formula is C42H56BrP. The molecule has 7 rings (SSSR count). The minimum atomic E-state index is -2.14. The van der Waals surface area contributed by atoms with E-state index in [1.165, 1.54) is 76.8 Å². The van der Waals surface area contributed by atoms with Crippen LogP contribution in [0.4, 0.5) is 0 Å². The number of benzene rings is 3. The fourth-order valence-electron chi connectivity index (χ4n) is 12.2. The number of hydrogen-bond acceptors (Lipinski definition) is 0. The fourth-order valence-corrected chi connectivity index (χ4v) is 18.2. The van der Waals surface area contributed by atoms with E-state index in [1.54, 1.807) is 15.9 Å². The second-order valence-electron chi connectivity index (χ2n) is 16.0. The molecule has 2 heteroatoms. The van der Waals surface area contributed by atoms with E-state index in [9.17, 15) is 0 Å². The summed E-state index contributed by atoms with van der Waals surface area (Å²) in [7, 11) is -2.14. The molecule has 0 bridgehead atoms. The monoisotopic (exact) mass is 670 g/mol. The van der Waals surface area contributed by atoms with Gasteiger partial charge in [0.15, 0.2) is 0 Å². The standard InChI is InChI=1S/C42H56BrP/c1-31(37-26-27-38-36-25-24-32-16-13-23-40(43)42(32,3)39(36)28-29-41(37,38)2)15-14-30-44(33-17-7-4-8-18-33,34-19-9-5-10-20-34)35-21-11-6-12-22-35/h4-12,17-22,31-32,36-40,44H,13-16,23-30H2,1-3H3/t31?,32?,36-,37?,38-,39+,40?,41+,42-/m0/s1. The Labute approximate surface area is 277 Å². The SMILES string of the molecule is CC(CCC[PH](c1ccccc1)(c1ccccc1)c1ccccc1)C1CC[C@H]2[C@@H]3CCC4CCCC(Br)[C@]4(C)[C@@H]3CC[C@]12C. The summed E-state index contributed by atoms with van der Waals surface area (Å²) in [6.45, 7) is 8.13. The van der Waals surface area contributed by atoms with Crippen LogP contribution in [0.1, 0.15) is 91.4 Å². The molecule has 0 radical (unpaired) electrons. The summed E-state index contributed by atoms with van der Waals surface area (Å²) in [5.41, 5.74) is 1.08. The van der Waals surface area contributed by atoms with Crippen LogP contribution in [0, 0.1) is 46.3 Å². The third kappa shape index (κ3) is 5.10. The normalized spacial score (nSPS) is 36.1. The molecule has 0 heterocycles. The number of hydrogen-bond donors (Lipinski definition) is 0. The molecule has 0 nitrogen and oxygen atoms in total. The molecule has 4 aliphatic carbocycles. The molecule has 3 aromatic rings. The fraction of sp³-hybridized carbons (Fsp3) is 0.571. The topological polar surface area (TPSA) is 0 Å². The van der Waals surface area contributed by atoms with Crippen molar-refractivity contribution >= 4 is 39.1 Å². The van der Waals surface area contributed by atoms with Gasteiger partial charge >= 0.3 is 272 Å². The Hall–Kier alpha value is -1.43. The van der Waals surface area contributed by atoms with Gasteiger partial charge in [-0.1, -0.05) is 6.42 Å². The maximum atomic E-state index is 4.27. The molecule has 0 amide bonds. The first-order valence-electron chi connectivity index (χ1n) is 18.2. The van der Waals surface area contributed by atoms with E-state index in [2.05, 4.69) is 128 Å². The predicted octanol–water partition coefficient (Wildman–Crippen LogP) is 10.6. The third-order valence-corrected chi connectivity index (χ3v) is 20.9. The van der Waals surface area contributed by atoms with Gasteiger partial charge in [-0.25, -0.2) is 0 Å². The van der Waals surface area contributed by atoms with Gasteiger partial charge in [0.1, 0.15) is 0 Å². The summed E-state index contributed by atoms with van der Waals surface area (Å²) in [6, 6.07) is 34.7. The van der Waals surface area contributed by atoms with Gasteiger partial charge in [0.05, 0.1) is 0 Å². The van der Waals surface area contributed by atoms with Crippen molar-refractivity contribution in [1.82, 2.24) is 0 Å². The molecule has 44 heavy (non-hydrogen) atoms. The summed E-state index contributed by atoms with van der Waals surface area (Å²) in [5, 5.41) is 4.69. The van der Waals surface area contributed by atoms with Crippen molar-refractivity contribution in [1.29, 1.82) is 0 Å². The molecule has 4 aliphatic rings. The van der Waals surface area contributed by atoms with Gasteiger partial charge in [-0.05, 0) is 0 Å². The van der Waals surface area contributed by atoms with Crippen LogP contribution in [0.25, 0.3) is 0 Å². The van der Waals surface area contributed by atoms with E-state index in [-0.39, 0.29) is 0 Å². The zero-order valence-corrected chi connectivity index (χ0v) is 30.2. The van der Waals surface area contributed by atoms with Crippen LogP contribution in [0.15, 0.2) is 91.0 Å². The van der Waals surface area contributed by atoms with Crippen molar-refractivity contribution in [2.75, 3.05) is 6.16 Å². The molecule has 0 spiro atoms. The molecular weight excluding hydrogens is 615 g/mol. The van der Waals surface area contributed by atoms with Gasteiger partial charge in [-0.3, -0.25) is 0 Å². The molecule has 0 N–H and O–H groups in total. The molecule has 0 saturated heterocycles. The van der Waals surface area contributed by atoms with Crippen molar-refractivity contribution < 1.29 is 0 Å². The zero-order valence-electron chi connectivity index (χ0n) is 27.6. The van der Waals surface area contributed by atoms with Gasteiger partial charge in [0, 0.05) is 0 Å². The quantitative estimate of drug-likeness (QED) is 0.165. The molecule has 0 aliphatic heterocycles. The Morgan fingerprint density at radius 1 is 0.705 bits per heavy atom. The molecule has 4 fully saturated rings. The predicted molar refractivity (Wildman–Crippen MR) is 198 cm³/mol. The van der Waals surface area contributed by atoms with E-state index in [0.29, 0.717) is 10.8 Å². The first-order chi connectivity index (χ1) is 21.4. The molecule has 4 saturated carbocycles. The van der Waals surface area contributed by atoms with E-state index in [0.717, 1.165) is 40.3 Å². The van der Waals surface area contributed by atoms with Crippen LogP contribution in [0.2, 0.25) is 0 Å². The van der Waals surface area contributed by atoms with Crippen molar-refractivity contribution in [2.45, 2.75) is 96.2 Å². The first kappa shape index (κ1) is 31.2. The summed E-state index contributed by atoms with van der Waals surface area (Å²) in [6.07, 6.45) is 17.3. The number of fused-ring (bicyclic) bond motifs is 5. The van der Waals surface area contributed by atoms with Crippen LogP contribution in [0.3, 0.4) is 0 Å². The zero-order chi connectivity index (χ0) is 30.4. The Balaban J connectivity index is 1.11. The van der Waals surface area contributed by atoms with Gasteiger partial charge < -0.3 is 0 Å². The van der Waals surface area contributed by atoms with Crippen molar-refractivity contribution in [2.24, 2.45) is 46.3 Å². The Morgan fingerprint density at radius 2 is 1.30 bits per heavy atom. The first-order valence-corrected chi connectivity index (χ1v) is 21.3. The Kier molecular flexibility index (Phi) is 8.96. The molecule has 236 valence electrons. The second kappa shape index (κ2) is 12.6. The van der Waals surface area contributed by atoms with Gasteiger partial charge in [0.25, 0.3) is 0 Å². The molecule has 9 atom stereocenters. The summed E-state index contributed by atoms with van der Waals surface area (Å²) < 4.78 is 0. The summed E-state index contributed by atoms with van der Waals surface area (Å²) in [4.78, 5) is 0.741. The van der Waals surface area contributed by atoms with Gasteiger partial charge in [-0.2, -0.15) is 0 Å². The molecule has 4 unspecified atom stereocenters. The van der Waals surface area contributed by atoms with E-state index >= 15 is 0 Å². The van der Waals surface area contributed by atoms with Crippen molar-refractivity contribution in [3.8, 4) is 0 Å². The molecule has 3 aromatic carbocycles. The van der Waals surface area contributed by atoms with Crippen molar-refractivity contribution in [3.05, 3.63) is 91.0 Å². The number of rotatable bonds is 8. The minimum absolute atomic E-state index is 0.534. The third-order valence-electron chi connectivity index (χ3n) is 14.4. The summed E-state index contributed by atoms with van der Waals surface area (Å²) >= 11 is 4.27. The number of alkyl halides is 1. The second-order valence-corrected chi connectivity index (χ2v) is 21.2.